The number of methoxy groups -OCH3 is 1. The lowest BCUT2D eigenvalue weighted by Gasteiger charge is -2.24. The van der Waals surface area contributed by atoms with Crippen LogP contribution in [-0.4, -0.2) is 38.2 Å². The number of nitrogens with one attached hydrogen (secondary N) is 1. The molecule has 1 saturated carbocycles. The normalized spacial score (nSPS) is 22.7. The van der Waals surface area contributed by atoms with Crippen LogP contribution in [0.5, 0.6) is 5.75 Å². The van der Waals surface area contributed by atoms with Crippen molar-refractivity contribution in [2.24, 2.45) is 5.10 Å². The Morgan fingerprint density at radius 3 is 2.22 bits per heavy atom. The molecule has 1 aliphatic carbocycles. The molecule has 0 radical (unpaired) electrons. The monoisotopic (exact) mass is 503 g/mol. The van der Waals surface area contributed by atoms with E-state index in [2.05, 4.69) is 39.1 Å². The number of sulfonamides is 1. The molecule has 0 bridgehead atoms. The van der Waals surface area contributed by atoms with Crippen LogP contribution >= 0.6 is 0 Å². The summed E-state index contributed by atoms with van der Waals surface area (Å²) in [5, 5.41) is 4.60. The maximum atomic E-state index is 13.1. The highest BCUT2D eigenvalue weighted by Gasteiger charge is 2.55. The van der Waals surface area contributed by atoms with Crippen LogP contribution in [0.15, 0.2) is 88.9 Å². The van der Waals surface area contributed by atoms with Crippen molar-refractivity contribution in [2.75, 3.05) is 7.11 Å². The molecule has 2 aliphatic rings. The molecule has 1 unspecified atom stereocenters. The number of nitrogens with zero attached hydrogens (tertiary/aromatic N) is 2. The minimum absolute atomic E-state index is 0.00962. The molecule has 1 heterocycles. The second-order valence-corrected chi connectivity index (χ2v) is 11.3. The number of benzene rings is 3. The lowest BCUT2D eigenvalue weighted by atomic mass is 9.95. The van der Waals surface area contributed by atoms with Crippen molar-refractivity contribution in [3.8, 4) is 5.75 Å². The van der Waals surface area contributed by atoms with Crippen molar-refractivity contribution < 1.29 is 13.2 Å². The number of rotatable bonds is 8. The van der Waals surface area contributed by atoms with E-state index >= 15 is 0 Å². The highest BCUT2D eigenvalue weighted by atomic mass is 32.2. The maximum absolute atomic E-state index is 13.1. The second kappa shape index (κ2) is 10.4. The number of hydrazone groups is 1. The van der Waals surface area contributed by atoms with Crippen molar-refractivity contribution in [2.45, 2.75) is 62.0 Å². The Morgan fingerprint density at radius 2 is 1.58 bits per heavy atom. The minimum atomic E-state index is -3.80. The summed E-state index contributed by atoms with van der Waals surface area (Å²) in [6.45, 7) is 1.93. The molecule has 3 aromatic carbocycles. The van der Waals surface area contributed by atoms with Gasteiger partial charge in [-0.1, -0.05) is 67.3 Å². The van der Waals surface area contributed by atoms with Crippen LogP contribution < -0.4 is 9.57 Å². The van der Waals surface area contributed by atoms with E-state index in [0.29, 0.717) is 6.04 Å². The highest BCUT2D eigenvalue weighted by Crippen LogP contribution is 2.49. The molecule has 3 atom stereocenters. The van der Waals surface area contributed by atoms with Crippen molar-refractivity contribution in [1.82, 2.24) is 9.73 Å². The molecular weight excluding hydrogens is 470 g/mol. The quantitative estimate of drug-likeness (QED) is 0.252. The molecule has 1 aliphatic heterocycles. The first-order valence-electron chi connectivity index (χ1n) is 12.6. The van der Waals surface area contributed by atoms with E-state index in [1.54, 1.807) is 31.4 Å². The van der Waals surface area contributed by atoms with E-state index in [-0.39, 0.29) is 17.0 Å². The standard InChI is InChI=1S/C29H33N3O3S/c1-21-13-19-26(20-14-21)36(33,34)31-30-27(22-15-17-25(35-2)18-16-22)29-28(23-9-5-3-6-10-23)32(29)24-11-7-4-8-12-24/h3,5-6,9-10,13-20,24,28-29,31H,4,7-8,11-12H2,1-2H3/b30-27-/t28-,29+,32?/m0/s1. The molecule has 188 valence electrons. The zero-order valence-electron chi connectivity index (χ0n) is 20.8. The Hall–Kier alpha value is -3.16. The largest absolute Gasteiger partial charge is 0.497 e. The Labute approximate surface area is 214 Å². The number of hydrogen-bond acceptors (Lipinski definition) is 5. The molecular formula is C29H33N3O3S. The van der Waals surface area contributed by atoms with Gasteiger partial charge < -0.3 is 4.74 Å². The molecule has 0 aromatic heterocycles. The first-order chi connectivity index (χ1) is 17.5. The first kappa shape index (κ1) is 24.5. The zero-order chi connectivity index (χ0) is 25.1. The third kappa shape index (κ3) is 5.18. The van der Waals surface area contributed by atoms with Gasteiger partial charge in [-0.05, 0) is 67.3 Å². The summed E-state index contributed by atoms with van der Waals surface area (Å²) in [5.41, 5.74) is 3.85. The molecule has 1 N–H and O–H groups in total. The van der Waals surface area contributed by atoms with Crippen LogP contribution in [-0.2, 0) is 10.0 Å². The van der Waals surface area contributed by atoms with E-state index < -0.39 is 10.0 Å². The molecule has 3 aromatic rings. The van der Waals surface area contributed by atoms with E-state index in [9.17, 15) is 8.42 Å². The fourth-order valence-electron chi connectivity index (χ4n) is 5.32. The van der Waals surface area contributed by atoms with Gasteiger partial charge in [0.25, 0.3) is 10.0 Å². The van der Waals surface area contributed by atoms with Gasteiger partial charge in [-0.15, -0.1) is 0 Å². The number of ether oxygens (including phenoxy) is 1. The lowest BCUT2D eigenvalue weighted by molar-refractivity contribution is 0.277. The third-order valence-electron chi connectivity index (χ3n) is 7.27. The zero-order valence-corrected chi connectivity index (χ0v) is 21.6. The molecule has 1 saturated heterocycles. The molecule has 36 heavy (non-hydrogen) atoms. The summed E-state index contributed by atoms with van der Waals surface area (Å²) < 4.78 is 31.6. The average molecular weight is 504 g/mol. The van der Waals surface area contributed by atoms with E-state index in [1.807, 2.05) is 37.3 Å². The Bertz CT molecular complexity index is 1300. The molecule has 2 fully saturated rings. The van der Waals surface area contributed by atoms with Crippen molar-refractivity contribution in [3.05, 3.63) is 95.6 Å². The van der Waals surface area contributed by atoms with Gasteiger partial charge in [0, 0.05) is 6.04 Å². The van der Waals surface area contributed by atoms with Crippen LogP contribution in [0.25, 0.3) is 0 Å². The van der Waals surface area contributed by atoms with E-state index in [1.165, 1.54) is 24.8 Å². The average Bonchev–Trinajstić information content (AvgIpc) is 3.66. The first-order valence-corrected chi connectivity index (χ1v) is 14.1. The number of hydrogen-bond donors (Lipinski definition) is 1. The Balaban J connectivity index is 1.53. The van der Waals surface area contributed by atoms with Crippen LogP contribution in [0.1, 0.15) is 54.8 Å². The molecule has 7 heteroatoms. The van der Waals surface area contributed by atoms with E-state index in [0.717, 1.165) is 35.4 Å². The fourth-order valence-corrected chi connectivity index (χ4v) is 6.14. The van der Waals surface area contributed by atoms with E-state index in [4.69, 9.17) is 4.74 Å². The molecule has 6 nitrogen and oxygen atoms in total. The molecule has 0 spiro atoms. The van der Waals surface area contributed by atoms with Crippen LogP contribution in [0.3, 0.4) is 0 Å². The predicted octanol–water partition coefficient (Wildman–Crippen LogP) is 5.44. The molecule has 0 amide bonds. The van der Waals surface area contributed by atoms with Crippen LogP contribution in [0.4, 0.5) is 0 Å². The molecule has 5 rings (SSSR count). The predicted molar refractivity (Wildman–Crippen MR) is 143 cm³/mol. The minimum Gasteiger partial charge on any atom is -0.497 e. The fraction of sp³-hybridized carbons (Fsp3) is 0.345. The third-order valence-corrected chi connectivity index (χ3v) is 8.50. The summed E-state index contributed by atoms with van der Waals surface area (Å²) in [5.74, 6) is 0.748. The summed E-state index contributed by atoms with van der Waals surface area (Å²) >= 11 is 0. The highest BCUT2D eigenvalue weighted by molar-refractivity contribution is 7.89. The van der Waals surface area contributed by atoms with Gasteiger partial charge in [-0.25, -0.2) is 0 Å². The summed E-state index contributed by atoms with van der Waals surface area (Å²) in [4.78, 5) is 5.27. The summed E-state index contributed by atoms with van der Waals surface area (Å²) in [7, 11) is -2.17. The second-order valence-electron chi connectivity index (χ2n) is 9.67. The van der Waals surface area contributed by atoms with Crippen molar-refractivity contribution in [3.63, 3.8) is 0 Å². The van der Waals surface area contributed by atoms with Gasteiger partial charge in [0.05, 0.1) is 29.8 Å². The SMILES string of the molecule is COc1ccc(/C(=N/NS(=O)(=O)c2ccc(C)cc2)[C@@H]2[C@H](c3ccccc3)N2C2CCCCC2)cc1. The lowest BCUT2D eigenvalue weighted by Crippen LogP contribution is -2.28. The Kier molecular flexibility index (Phi) is 7.12. The van der Waals surface area contributed by atoms with Crippen molar-refractivity contribution in [1.29, 1.82) is 0 Å². The van der Waals surface area contributed by atoms with Gasteiger partial charge in [-0.3, -0.25) is 4.90 Å². The Morgan fingerprint density at radius 1 is 0.917 bits per heavy atom. The van der Waals surface area contributed by atoms with Gasteiger partial charge >= 0.3 is 0 Å². The van der Waals surface area contributed by atoms with Crippen LogP contribution in [0, 0.1) is 6.92 Å². The topological polar surface area (TPSA) is 70.8 Å². The smallest absolute Gasteiger partial charge is 0.276 e. The maximum Gasteiger partial charge on any atom is 0.276 e. The van der Waals surface area contributed by atoms with Gasteiger partial charge in [0.2, 0.25) is 0 Å². The van der Waals surface area contributed by atoms with Crippen molar-refractivity contribution >= 4 is 15.7 Å². The summed E-state index contributed by atoms with van der Waals surface area (Å²) in [6, 6.07) is 25.6. The number of aryl methyl sites for hydroxylation is 1. The van der Waals surface area contributed by atoms with Gasteiger partial charge in [0.1, 0.15) is 5.75 Å². The van der Waals surface area contributed by atoms with Gasteiger partial charge in [0.15, 0.2) is 0 Å². The summed E-state index contributed by atoms with van der Waals surface area (Å²) in [6.07, 6.45) is 6.05. The van der Waals surface area contributed by atoms with Crippen LogP contribution in [0.2, 0.25) is 0 Å². The van der Waals surface area contributed by atoms with Gasteiger partial charge in [-0.2, -0.15) is 18.4 Å².